The molecule has 3 rings (SSSR count). The number of hydrogen-bond donors (Lipinski definition) is 1. The van der Waals surface area contributed by atoms with Crippen LogP contribution in [0.5, 0.6) is 5.75 Å². The van der Waals surface area contributed by atoms with Crippen LogP contribution in [0.1, 0.15) is 34.1 Å². The summed E-state index contributed by atoms with van der Waals surface area (Å²) in [5, 5.41) is 3.99. The number of pyridine rings is 1. The number of aromatic nitrogens is 1. The van der Waals surface area contributed by atoms with E-state index in [2.05, 4.69) is 22.4 Å². The molecule has 1 amide bonds. The normalized spacial score (nSPS) is 10.7. The Morgan fingerprint density at radius 1 is 1.12 bits per heavy atom. The zero-order chi connectivity index (χ0) is 18.0. The number of nitrogens with zero attached hydrogens (tertiary/aromatic N) is 1. The van der Waals surface area contributed by atoms with Gasteiger partial charge in [0, 0.05) is 11.1 Å². The summed E-state index contributed by atoms with van der Waals surface area (Å²) < 4.78 is 5.57. The second kappa shape index (κ2) is 6.93. The SMILES string of the molecule is CCOc1ccccc1C(=O)Nc1cc(C)nc2c(C)cc(C)cc12. The third-order valence-corrected chi connectivity index (χ3v) is 4.06. The number of rotatable bonds is 4. The lowest BCUT2D eigenvalue weighted by atomic mass is 10.0. The van der Waals surface area contributed by atoms with Crippen LogP contribution in [0.3, 0.4) is 0 Å². The Balaban J connectivity index is 2.05. The molecule has 4 nitrogen and oxygen atoms in total. The zero-order valence-electron chi connectivity index (χ0n) is 15.0. The van der Waals surface area contributed by atoms with Crippen molar-refractivity contribution in [1.29, 1.82) is 0 Å². The van der Waals surface area contributed by atoms with Crippen LogP contribution in [-0.2, 0) is 0 Å². The van der Waals surface area contributed by atoms with Crippen molar-refractivity contribution in [1.82, 2.24) is 4.98 Å². The van der Waals surface area contributed by atoms with Crippen LogP contribution >= 0.6 is 0 Å². The average Bonchev–Trinajstić information content (AvgIpc) is 2.56. The van der Waals surface area contributed by atoms with E-state index in [1.807, 2.05) is 52.0 Å². The summed E-state index contributed by atoms with van der Waals surface area (Å²) in [4.78, 5) is 17.5. The minimum Gasteiger partial charge on any atom is -0.493 e. The van der Waals surface area contributed by atoms with Gasteiger partial charge in [-0.05, 0) is 57.5 Å². The predicted molar refractivity (Wildman–Crippen MR) is 102 cm³/mol. The molecule has 0 spiro atoms. The fourth-order valence-corrected chi connectivity index (χ4v) is 3.04. The van der Waals surface area contributed by atoms with E-state index in [4.69, 9.17) is 4.74 Å². The topological polar surface area (TPSA) is 51.2 Å². The molecular weight excluding hydrogens is 312 g/mol. The molecule has 4 heteroatoms. The van der Waals surface area contributed by atoms with Crippen LogP contribution in [0.15, 0.2) is 42.5 Å². The molecular formula is C21H22N2O2. The highest BCUT2D eigenvalue weighted by molar-refractivity contribution is 6.10. The van der Waals surface area contributed by atoms with Crippen molar-refractivity contribution in [3.05, 3.63) is 64.8 Å². The molecule has 1 N–H and O–H groups in total. The van der Waals surface area contributed by atoms with Crippen LogP contribution in [0.4, 0.5) is 5.69 Å². The predicted octanol–water partition coefficient (Wildman–Crippen LogP) is 4.81. The van der Waals surface area contributed by atoms with Gasteiger partial charge in [0.25, 0.3) is 5.91 Å². The first-order valence-corrected chi connectivity index (χ1v) is 8.41. The minimum absolute atomic E-state index is 0.185. The van der Waals surface area contributed by atoms with E-state index in [0.717, 1.165) is 33.4 Å². The quantitative estimate of drug-likeness (QED) is 0.745. The molecule has 0 aliphatic rings. The molecule has 1 aromatic heterocycles. The fraction of sp³-hybridized carbons (Fsp3) is 0.238. The number of ether oxygens (including phenoxy) is 1. The third-order valence-electron chi connectivity index (χ3n) is 4.06. The molecule has 0 fully saturated rings. The maximum Gasteiger partial charge on any atom is 0.259 e. The number of nitrogens with one attached hydrogen (secondary N) is 1. The van der Waals surface area contributed by atoms with E-state index in [0.29, 0.717) is 17.9 Å². The van der Waals surface area contributed by atoms with Gasteiger partial charge in [-0.25, -0.2) is 0 Å². The number of aryl methyl sites for hydroxylation is 3. The Morgan fingerprint density at radius 3 is 2.64 bits per heavy atom. The standard InChI is InChI=1S/C21H22N2O2/c1-5-25-19-9-7-6-8-16(19)21(24)23-18-12-15(4)22-20-14(3)10-13(2)11-17(18)20/h6-12H,5H2,1-4H3,(H,22,23,24). The molecule has 0 aliphatic carbocycles. The Bertz CT molecular complexity index is 948. The first-order chi connectivity index (χ1) is 12.0. The van der Waals surface area contributed by atoms with Crippen molar-refractivity contribution in [2.75, 3.05) is 11.9 Å². The molecule has 0 unspecified atom stereocenters. The second-order valence-electron chi connectivity index (χ2n) is 6.17. The molecule has 0 atom stereocenters. The van der Waals surface area contributed by atoms with Crippen LogP contribution in [0, 0.1) is 20.8 Å². The molecule has 0 saturated carbocycles. The van der Waals surface area contributed by atoms with Gasteiger partial charge in [-0.3, -0.25) is 9.78 Å². The maximum atomic E-state index is 12.8. The van der Waals surface area contributed by atoms with Crippen molar-refractivity contribution in [3.8, 4) is 5.75 Å². The van der Waals surface area contributed by atoms with Crippen LogP contribution in [0.2, 0.25) is 0 Å². The number of fused-ring (bicyclic) bond motifs is 1. The summed E-state index contributed by atoms with van der Waals surface area (Å²) in [7, 11) is 0. The molecule has 128 valence electrons. The van der Waals surface area contributed by atoms with E-state index in [-0.39, 0.29) is 5.91 Å². The lowest BCUT2D eigenvalue weighted by molar-refractivity contribution is 0.102. The first kappa shape index (κ1) is 17.0. The van der Waals surface area contributed by atoms with Crippen molar-refractivity contribution >= 4 is 22.5 Å². The molecule has 2 aromatic carbocycles. The summed E-state index contributed by atoms with van der Waals surface area (Å²) in [5.74, 6) is 0.403. The van der Waals surface area contributed by atoms with Gasteiger partial charge >= 0.3 is 0 Å². The molecule has 3 aromatic rings. The molecule has 0 radical (unpaired) electrons. The summed E-state index contributed by atoms with van der Waals surface area (Å²) in [6, 6.07) is 13.3. The smallest absolute Gasteiger partial charge is 0.259 e. The largest absolute Gasteiger partial charge is 0.493 e. The van der Waals surface area contributed by atoms with Gasteiger partial charge in [-0.2, -0.15) is 0 Å². The lowest BCUT2D eigenvalue weighted by Crippen LogP contribution is -2.14. The number of carbonyl (C=O) groups is 1. The number of carbonyl (C=O) groups excluding carboxylic acids is 1. The number of anilines is 1. The Morgan fingerprint density at radius 2 is 1.88 bits per heavy atom. The van der Waals surface area contributed by atoms with Crippen LogP contribution in [0.25, 0.3) is 10.9 Å². The van der Waals surface area contributed by atoms with Crippen molar-refractivity contribution < 1.29 is 9.53 Å². The van der Waals surface area contributed by atoms with Gasteiger partial charge in [-0.15, -0.1) is 0 Å². The monoisotopic (exact) mass is 334 g/mol. The van der Waals surface area contributed by atoms with E-state index in [1.165, 1.54) is 0 Å². The minimum atomic E-state index is -0.185. The Hall–Kier alpha value is -2.88. The first-order valence-electron chi connectivity index (χ1n) is 8.41. The van der Waals surface area contributed by atoms with Gasteiger partial charge in [0.1, 0.15) is 5.75 Å². The lowest BCUT2D eigenvalue weighted by Gasteiger charge is -2.14. The summed E-state index contributed by atoms with van der Waals surface area (Å²) in [5.41, 5.74) is 5.32. The van der Waals surface area contributed by atoms with E-state index >= 15 is 0 Å². The molecule has 0 aliphatic heterocycles. The molecule has 0 saturated heterocycles. The fourth-order valence-electron chi connectivity index (χ4n) is 3.04. The van der Waals surface area contributed by atoms with Gasteiger partial charge in [0.15, 0.2) is 0 Å². The molecule has 1 heterocycles. The number of amides is 1. The van der Waals surface area contributed by atoms with E-state index in [1.54, 1.807) is 6.07 Å². The van der Waals surface area contributed by atoms with E-state index < -0.39 is 0 Å². The number of hydrogen-bond acceptors (Lipinski definition) is 3. The Labute approximate surface area is 147 Å². The highest BCUT2D eigenvalue weighted by Crippen LogP contribution is 2.28. The number of benzene rings is 2. The highest BCUT2D eigenvalue weighted by Gasteiger charge is 2.15. The van der Waals surface area contributed by atoms with E-state index in [9.17, 15) is 4.79 Å². The van der Waals surface area contributed by atoms with Crippen molar-refractivity contribution in [2.45, 2.75) is 27.7 Å². The average molecular weight is 334 g/mol. The third kappa shape index (κ3) is 3.48. The molecule has 25 heavy (non-hydrogen) atoms. The van der Waals surface area contributed by atoms with Crippen LogP contribution in [-0.4, -0.2) is 17.5 Å². The van der Waals surface area contributed by atoms with Gasteiger partial charge in [0.05, 0.1) is 23.4 Å². The summed E-state index contributed by atoms with van der Waals surface area (Å²) in [6.45, 7) is 8.43. The van der Waals surface area contributed by atoms with Crippen molar-refractivity contribution in [3.63, 3.8) is 0 Å². The zero-order valence-corrected chi connectivity index (χ0v) is 15.0. The second-order valence-corrected chi connectivity index (χ2v) is 6.17. The molecule has 0 bridgehead atoms. The van der Waals surface area contributed by atoms with Gasteiger partial charge < -0.3 is 10.1 Å². The van der Waals surface area contributed by atoms with Gasteiger partial charge in [-0.1, -0.05) is 23.8 Å². The van der Waals surface area contributed by atoms with Crippen molar-refractivity contribution in [2.24, 2.45) is 0 Å². The van der Waals surface area contributed by atoms with Crippen LogP contribution < -0.4 is 10.1 Å². The number of para-hydroxylation sites is 1. The summed E-state index contributed by atoms with van der Waals surface area (Å²) in [6.07, 6.45) is 0. The highest BCUT2D eigenvalue weighted by atomic mass is 16.5. The maximum absolute atomic E-state index is 12.8. The Kier molecular flexibility index (Phi) is 4.70. The summed E-state index contributed by atoms with van der Waals surface area (Å²) >= 11 is 0. The van der Waals surface area contributed by atoms with Gasteiger partial charge in [0.2, 0.25) is 0 Å².